The van der Waals surface area contributed by atoms with Gasteiger partial charge in [0.05, 0.1) is 0 Å². The molecule has 5 nitrogen and oxygen atoms in total. The van der Waals surface area contributed by atoms with Crippen LogP contribution < -0.4 is 10.6 Å². The smallest absolute Gasteiger partial charge is 0.324 e. The molecule has 0 aromatic rings. The van der Waals surface area contributed by atoms with E-state index >= 15 is 0 Å². The Hall–Kier alpha value is -1.36. The van der Waals surface area contributed by atoms with Crippen LogP contribution in [0.4, 0.5) is 4.79 Å². The summed E-state index contributed by atoms with van der Waals surface area (Å²) in [4.78, 5) is 25.3. The lowest BCUT2D eigenvalue weighted by molar-refractivity contribution is -0.128. The Morgan fingerprint density at radius 1 is 1.44 bits per heavy atom. The lowest BCUT2D eigenvalue weighted by atomic mass is 9.96. The van der Waals surface area contributed by atoms with E-state index in [2.05, 4.69) is 17.2 Å². The van der Waals surface area contributed by atoms with Crippen molar-refractivity contribution in [2.45, 2.75) is 45.2 Å². The minimum Gasteiger partial charge on any atom is -0.334 e. The lowest BCUT2D eigenvalue weighted by Gasteiger charge is -2.34. The molecular formula is C13H23N3O2. The van der Waals surface area contributed by atoms with Gasteiger partial charge in [-0.2, -0.15) is 0 Å². The lowest BCUT2D eigenvalue weighted by Crippen LogP contribution is -2.55. The number of nitrogens with zero attached hydrogens (tertiary/aromatic N) is 1. The van der Waals surface area contributed by atoms with Gasteiger partial charge in [-0.15, -0.1) is 6.58 Å². The van der Waals surface area contributed by atoms with Gasteiger partial charge in [-0.05, 0) is 27.7 Å². The van der Waals surface area contributed by atoms with E-state index in [1.54, 1.807) is 6.08 Å². The maximum absolute atomic E-state index is 12.1. The second-order valence-corrected chi connectivity index (χ2v) is 6.02. The summed E-state index contributed by atoms with van der Waals surface area (Å²) in [6, 6.07) is -0.354. The number of amides is 3. The predicted octanol–water partition coefficient (Wildman–Crippen LogP) is 1.26. The molecule has 2 N–H and O–H groups in total. The van der Waals surface area contributed by atoms with Gasteiger partial charge in [0, 0.05) is 30.6 Å². The zero-order valence-electron chi connectivity index (χ0n) is 11.7. The van der Waals surface area contributed by atoms with Crippen LogP contribution in [0.1, 0.15) is 34.1 Å². The number of carbonyl (C=O) groups excluding carboxylic acids is 2. The molecule has 0 aromatic carbocycles. The highest BCUT2D eigenvalue weighted by atomic mass is 16.2. The molecule has 0 bridgehead atoms. The van der Waals surface area contributed by atoms with E-state index in [0.29, 0.717) is 19.5 Å². The fourth-order valence-corrected chi connectivity index (χ4v) is 2.40. The summed E-state index contributed by atoms with van der Waals surface area (Å²) in [5, 5.41) is 6.05. The number of nitrogens with one attached hydrogen (secondary N) is 2. The normalized spacial score (nSPS) is 22.2. The predicted molar refractivity (Wildman–Crippen MR) is 71.2 cm³/mol. The van der Waals surface area contributed by atoms with Gasteiger partial charge in [-0.1, -0.05) is 6.08 Å². The summed E-state index contributed by atoms with van der Waals surface area (Å²) in [7, 11) is 0. The number of hydrogen-bond donors (Lipinski definition) is 2. The largest absolute Gasteiger partial charge is 0.334 e. The number of urea groups is 1. The van der Waals surface area contributed by atoms with Crippen molar-refractivity contribution in [2.24, 2.45) is 0 Å². The van der Waals surface area contributed by atoms with E-state index in [0.717, 1.165) is 0 Å². The number of rotatable bonds is 2. The van der Waals surface area contributed by atoms with Gasteiger partial charge in [-0.25, -0.2) is 4.79 Å². The van der Waals surface area contributed by atoms with Crippen LogP contribution in [-0.2, 0) is 4.79 Å². The Kier molecular flexibility index (Phi) is 4.16. The van der Waals surface area contributed by atoms with Gasteiger partial charge >= 0.3 is 6.03 Å². The molecule has 1 rings (SSSR count). The van der Waals surface area contributed by atoms with Gasteiger partial charge < -0.3 is 10.6 Å². The van der Waals surface area contributed by atoms with Gasteiger partial charge in [0.2, 0.25) is 5.91 Å². The molecule has 3 amide bonds. The van der Waals surface area contributed by atoms with Crippen molar-refractivity contribution >= 4 is 11.9 Å². The molecule has 0 atom stereocenters. The van der Waals surface area contributed by atoms with Crippen LogP contribution in [0.5, 0.6) is 0 Å². The summed E-state index contributed by atoms with van der Waals surface area (Å²) < 4.78 is 0. The van der Waals surface area contributed by atoms with Crippen molar-refractivity contribution < 1.29 is 9.59 Å². The van der Waals surface area contributed by atoms with Crippen LogP contribution in [0, 0.1) is 0 Å². The maximum Gasteiger partial charge on any atom is 0.324 e. The molecule has 1 heterocycles. The van der Waals surface area contributed by atoms with Crippen LogP contribution in [0.3, 0.4) is 0 Å². The van der Waals surface area contributed by atoms with E-state index in [4.69, 9.17) is 0 Å². The highest BCUT2D eigenvalue weighted by Gasteiger charge is 2.39. The Labute approximate surface area is 109 Å². The topological polar surface area (TPSA) is 61.4 Å². The summed E-state index contributed by atoms with van der Waals surface area (Å²) >= 11 is 0. The first-order chi connectivity index (χ1) is 8.17. The number of imide groups is 1. The van der Waals surface area contributed by atoms with Crippen molar-refractivity contribution in [1.82, 2.24) is 15.5 Å². The van der Waals surface area contributed by atoms with Gasteiger partial charge in [0.15, 0.2) is 0 Å². The standard InChI is InChI=1S/C13H23N3O2/c1-6-7-14-11(18)16-9-13(4,5)15-12(2,3)8-10(16)17/h6,15H,1,7-9H2,2-5H3,(H,14,18). The fraction of sp³-hybridized carbons (Fsp3) is 0.692. The summed E-state index contributed by atoms with van der Waals surface area (Å²) in [6.45, 7) is 12.2. The molecule has 1 saturated heterocycles. The van der Waals surface area contributed by atoms with Crippen LogP contribution >= 0.6 is 0 Å². The third kappa shape index (κ3) is 3.84. The molecule has 18 heavy (non-hydrogen) atoms. The van der Waals surface area contributed by atoms with Crippen molar-refractivity contribution in [3.05, 3.63) is 12.7 Å². The quantitative estimate of drug-likeness (QED) is 0.728. The van der Waals surface area contributed by atoms with E-state index < -0.39 is 0 Å². The van der Waals surface area contributed by atoms with E-state index in [9.17, 15) is 9.59 Å². The average molecular weight is 253 g/mol. The first kappa shape index (κ1) is 14.7. The Morgan fingerprint density at radius 2 is 2.06 bits per heavy atom. The Morgan fingerprint density at radius 3 is 2.61 bits per heavy atom. The monoisotopic (exact) mass is 253 g/mol. The molecule has 0 aliphatic carbocycles. The van der Waals surface area contributed by atoms with E-state index in [-0.39, 0.29) is 23.0 Å². The van der Waals surface area contributed by atoms with Crippen molar-refractivity contribution in [1.29, 1.82) is 0 Å². The SMILES string of the molecule is C=CCNC(=O)N1CC(C)(C)NC(C)(C)CC1=O. The summed E-state index contributed by atoms with van der Waals surface area (Å²) in [5.74, 6) is -0.153. The molecule has 0 unspecified atom stereocenters. The molecule has 0 spiro atoms. The molecule has 1 aliphatic rings. The van der Waals surface area contributed by atoms with Crippen LogP contribution in [0.25, 0.3) is 0 Å². The average Bonchev–Trinajstić information content (AvgIpc) is 2.27. The molecule has 1 aliphatic heterocycles. The minimum absolute atomic E-state index is 0.153. The molecule has 1 fully saturated rings. The minimum atomic E-state index is -0.354. The third-order valence-corrected chi connectivity index (χ3v) is 2.77. The second kappa shape index (κ2) is 5.10. The van der Waals surface area contributed by atoms with Gasteiger partial charge in [0.1, 0.15) is 0 Å². The molecular weight excluding hydrogens is 230 g/mol. The third-order valence-electron chi connectivity index (χ3n) is 2.77. The molecule has 0 radical (unpaired) electrons. The Bertz CT molecular complexity index is 361. The van der Waals surface area contributed by atoms with Crippen LogP contribution in [-0.4, -0.2) is 41.0 Å². The van der Waals surface area contributed by atoms with Gasteiger partial charge in [-0.3, -0.25) is 9.69 Å². The zero-order valence-corrected chi connectivity index (χ0v) is 11.7. The first-order valence-corrected chi connectivity index (χ1v) is 6.15. The van der Waals surface area contributed by atoms with Crippen molar-refractivity contribution in [2.75, 3.05) is 13.1 Å². The highest BCUT2D eigenvalue weighted by Crippen LogP contribution is 2.22. The molecule has 5 heteroatoms. The summed E-state index contributed by atoms with van der Waals surface area (Å²) in [5.41, 5.74) is -0.616. The van der Waals surface area contributed by atoms with E-state index in [1.165, 1.54) is 4.90 Å². The summed E-state index contributed by atoms with van der Waals surface area (Å²) in [6.07, 6.45) is 1.89. The molecule has 0 saturated carbocycles. The second-order valence-electron chi connectivity index (χ2n) is 6.02. The Balaban J connectivity index is 2.88. The number of hydrogen-bond acceptors (Lipinski definition) is 3. The van der Waals surface area contributed by atoms with E-state index in [1.807, 2.05) is 27.7 Å². The highest BCUT2D eigenvalue weighted by molar-refractivity contribution is 5.95. The molecule has 0 aromatic heterocycles. The maximum atomic E-state index is 12.1. The van der Waals surface area contributed by atoms with Crippen LogP contribution in [0.2, 0.25) is 0 Å². The van der Waals surface area contributed by atoms with Crippen LogP contribution in [0.15, 0.2) is 12.7 Å². The zero-order chi connectivity index (χ0) is 14.0. The first-order valence-electron chi connectivity index (χ1n) is 6.15. The van der Waals surface area contributed by atoms with Crippen molar-refractivity contribution in [3.8, 4) is 0 Å². The van der Waals surface area contributed by atoms with Gasteiger partial charge in [0.25, 0.3) is 0 Å². The van der Waals surface area contributed by atoms with Crippen molar-refractivity contribution in [3.63, 3.8) is 0 Å². The number of carbonyl (C=O) groups is 2. The molecule has 102 valence electrons. The fourth-order valence-electron chi connectivity index (χ4n) is 2.40.